The van der Waals surface area contributed by atoms with Gasteiger partial charge in [0, 0.05) is 18.2 Å². The van der Waals surface area contributed by atoms with Crippen molar-refractivity contribution in [2.24, 2.45) is 0 Å². The Morgan fingerprint density at radius 3 is 2.16 bits per heavy atom. The van der Waals surface area contributed by atoms with Gasteiger partial charge in [-0.15, -0.1) is 0 Å². The summed E-state index contributed by atoms with van der Waals surface area (Å²) in [7, 11) is -3.35. The van der Waals surface area contributed by atoms with E-state index in [1.807, 2.05) is 0 Å². The Hall–Kier alpha value is -1.89. The molecule has 7 heteroatoms. The van der Waals surface area contributed by atoms with Gasteiger partial charge in [-0.25, -0.2) is 8.42 Å². The maximum atomic E-state index is 11.9. The van der Waals surface area contributed by atoms with Gasteiger partial charge >= 0.3 is 5.97 Å². The van der Waals surface area contributed by atoms with Gasteiger partial charge in [0.25, 0.3) is 0 Å². The first kappa shape index (κ1) is 15.2. The maximum absolute atomic E-state index is 11.9. The Balaban J connectivity index is 2.81. The Kier molecular flexibility index (Phi) is 4.66. The smallest absolute Gasteiger partial charge is 0.303 e. The molecule has 0 saturated heterocycles. The largest absolute Gasteiger partial charge is 0.454 e. The first-order valence-electron chi connectivity index (χ1n) is 5.48. The lowest BCUT2D eigenvalue weighted by atomic mass is 10.1. The standard InChI is InChI=1S/C12H15NO5S/c1-8(18-9(2)14)12(15)10-4-6-11(7-5-10)13-19(3,16)17/h4-8,13H,1-3H3/t8-/m1/s1. The number of nitrogens with one attached hydrogen (secondary N) is 1. The molecule has 1 atom stereocenters. The summed E-state index contributed by atoms with van der Waals surface area (Å²) >= 11 is 0. The van der Waals surface area contributed by atoms with Crippen LogP contribution >= 0.6 is 0 Å². The van der Waals surface area contributed by atoms with E-state index in [0.29, 0.717) is 11.3 Å². The maximum Gasteiger partial charge on any atom is 0.303 e. The fourth-order valence-electron chi connectivity index (χ4n) is 1.45. The number of rotatable bonds is 5. The van der Waals surface area contributed by atoms with Crippen molar-refractivity contribution in [2.45, 2.75) is 20.0 Å². The Morgan fingerprint density at radius 1 is 1.21 bits per heavy atom. The van der Waals surface area contributed by atoms with E-state index in [1.54, 1.807) is 0 Å². The number of benzene rings is 1. The fourth-order valence-corrected chi connectivity index (χ4v) is 2.02. The summed E-state index contributed by atoms with van der Waals surface area (Å²) in [5.41, 5.74) is 0.701. The van der Waals surface area contributed by atoms with Crippen LogP contribution in [-0.4, -0.2) is 32.5 Å². The zero-order chi connectivity index (χ0) is 14.6. The predicted molar refractivity (Wildman–Crippen MR) is 70.5 cm³/mol. The molecule has 6 nitrogen and oxygen atoms in total. The van der Waals surface area contributed by atoms with Gasteiger partial charge in [0.15, 0.2) is 6.10 Å². The third-order valence-corrected chi connectivity index (χ3v) is 2.79. The van der Waals surface area contributed by atoms with Crippen LogP contribution in [-0.2, 0) is 19.6 Å². The molecule has 0 spiro atoms. The summed E-state index contributed by atoms with van der Waals surface area (Å²) in [6, 6.07) is 5.87. The monoisotopic (exact) mass is 285 g/mol. The van der Waals surface area contributed by atoms with E-state index in [2.05, 4.69) is 4.72 Å². The van der Waals surface area contributed by atoms with Crippen molar-refractivity contribution in [3.63, 3.8) is 0 Å². The van der Waals surface area contributed by atoms with Gasteiger partial charge in [0.1, 0.15) is 0 Å². The highest BCUT2D eigenvalue weighted by atomic mass is 32.2. The van der Waals surface area contributed by atoms with Crippen LogP contribution in [0, 0.1) is 0 Å². The van der Waals surface area contributed by atoms with Crippen LogP contribution in [0.2, 0.25) is 0 Å². The summed E-state index contributed by atoms with van der Waals surface area (Å²) in [6.07, 6.45) is 0.167. The number of hydrogen-bond acceptors (Lipinski definition) is 5. The topological polar surface area (TPSA) is 89.5 Å². The third-order valence-electron chi connectivity index (χ3n) is 2.18. The van der Waals surface area contributed by atoms with Crippen molar-refractivity contribution in [3.8, 4) is 0 Å². The number of Topliss-reactive ketones (excluding diaryl/α,β-unsaturated/α-hetero) is 1. The minimum atomic E-state index is -3.35. The molecule has 104 valence electrons. The van der Waals surface area contributed by atoms with Crippen molar-refractivity contribution in [1.29, 1.82) is 0 Å². The third kappa shape index (κ3) is 5.09. The van der Waals surface area contributed by atoms with E-state index in [0.717, 1.165) is 6.26 Å². The molecule has 0 amide bonds. The molecule has 0 heterocycles. The molecular formula is C12H15NO5S. The highest BCUT2D eigenvalue weighted by molar-refractivity contribution is 7.92. The lowest BCUT2D eigenvalue weighted by Gasteiger charge is -2.11. The predicted octanol–water partition coefficient (Wildman–Crippen LogP) is 1.19. The summed E-state index contributed by atoms with van der Waals surface area (Å²) in [5, 5.41) is 0. The first-order chi connectivity index (χ1) is 8.69. The average molecular weight is 285 g/mol. The molecule has 1 aromatic rings. The molecule has 0 radical (unpaired) electrons. The zero-order valence-corrected chi connectivity index (χ0v) is 11.7. The molecule has 1 N–H and O–H groups in total. The van der Waals surface area contributed by atoms with E-state index < -0.39 is 22.1 Å². The zero-order valence-electron chi connectivity index (χ0n) is 10.8. The van der Waals surface area contributed by atoms with Crippen LogP contribution in [0.3, 0.4) is 0 Å². The number of sulfonamides is 1. The minimum absolute atomic E-state index is 0.341. The second-order valence-electron chi connectivity index (χ2n) is 4.07. The van der Waals surface area contributed by atoms with Gasteiger partial charge in [-0.3, -0.25) is 14.3 Å². The highest BCUT2D eigenvalue weighted by Gasteiger charge is 2.17. The van der Waals surface area contributed by atoms with Crippen LogP contribution in [0.15, 0.2) is 24.3 Å². The van der Waals surface area contributed by atoms with Crippen molar-refractivity contribution >= 4 is 27.5 Å². The first-order valence-corrected chi connectivity index (χ1v) is 7.37. The fraction of sp³-hybridized carbons (Fsp3) is 0.333. The summed E-state index contributed by atoms with van der Waals surface area (Å²) in [6.45, 7) is 2.70. The molecule has 0 aliphatic rings. The molecular weight excluding hydrogens is 270 g/mol. The summed E-state index contributed by atoms with van der Waals surface area (Å²) < 4.78 is 29.1. The number of carbonyl (C=O) groups excluding carboxylic acids is 2. The molecule has 0 unspecified atom stereocenters. The number of hydrogen-bond donors (Lipinski definition) is 1. The van der Waals surface area contributed by atoms with Crippen LogP contribution in [0.25, 0.3) is 0 Å². The second kappa shape index (κ2) is 5.83. The van der Waals surface area contributed by atoms with Crippen molar-refractivity contribution < 1.29 is 22.7 Å². The van der Waals surface area contributed by atoms with Crippen LogP contribution in [0.5, 0.6) is 0 Å². The summed E-state index contributed by atoms with van der Waals surface area (Å²) in [5.74, 6) is -0.877. The molecule has 1 aromatic carbocycles. The molecule has 0 fully saturated rings. The Morgan fingerprint density at radius 2 is 1.74 bits per heavy atom. The molecule has 1 rings (SSSR count). The molecule has 0 aromatic heterocycles. The van der Waals surface area contributed by atoms with E-state index in [1.165, 1.54) is 38.1 Å². The number of carbonyl (C=O) groups is 2. The number of ether oxygens (including phenoxy) is 1. The number of anilines is 1. The average Bonchev–Trinajstić information content (AvgIpc) is 2.26. The molecule has 0 aliphatic heterocycles. The van der Waals surface area contributed by atoms with Gasteiger partial charge in [-0.05, 0) is 31.2 Å². The quantitative estimate of drug-likeness (QED) is 0.648. The molecule has 0 saturated carbocycles. The van der Waals surface area contributed by atoms with Crippen molar-refractivity contribution in [1.82, 2.24) is 0 Å². The van der Waals surface area contributed by atoms with Gasteiger partial charge < -0.3 is 4.74 Å². The van der Waals surface area contributed by atoms with Gasteiger partial charge in [0.05, 0.1) is 6.26 Å². The van der Waals surface area contributed by atoms with E-state index >= 15 is 0 Å². The Bertz CT molecular complexity index is 577. The molecule has 0 bridgehead atoms. The van der Waals surface area contributed by atoms with Gasteiger partial charge in [0.2, 0.25) is 15.8 Å². The number of esters is 1. The van der Waals surface area contributed by atoms with Crippen molar-refractivity contribution in [2.75, 3.05) is 11.0 Å². The van der Waals surface area contributed by atoms with Gasteiger partial charge in [-0.1, -0.05) is 0 Å². The molecule has 0 aliphatic carbocycles. The van der Waals surface area contributed by atoms with Crippen LogP contribution in [0.1, 0.15) is 24.2 Å². The van der Waals surface area contributed by atoms with Crippen molar-refractivity contribution in [3.05, 3.63) is 29.8 Å². The SMILES string of the molecule is CC(=O)O[C@H](C)C(=O)c1ccc(NS(C)(=O)=O)cc1. The normalized spacial score (nSPS) is 12.6. The van der Waals surface area contributed by atoms with E-state index in [-0.39, 0.29) is 5.78 Å². The minimum Gasteiger partial charge on any atom is -0.454 e. The Labute approximate surface area is 111 Å². The molecule has 19 heavy (non-hydrogen) atoms. The van der Waals surface area contributed by atoms with Crippen LogP contribution in [0.4, 0.5) is 5.69 Å². The van der Waals surface area contributed by atoms with E-state index in [4.69, 9.17) is 4.74 Å². The lowest BCUT2D eigenvalue weighted by Crippen LogP contribution is -2.23. The number of ketones is 1. The highest BCUT2D eigenvalue weighted by Crippen LogP contribution is 2.13. The van der Waals surface area contributed by atoms with E-state index in [9.17, 15) is 18.0 Å². The van der Waals surface area contributed by atoms with Crippen LogP contribution < -0.4 is 4.72 Å². The lowest BCUT2D eigenvalue weighted by molar-refractivity contribution is -0.143. The second-order valence-corrected chi connectivity index (χ2v) is 5.82. The van der Waals surface area contributed by atoms with Gasteiger partial charge in [-0.2, -0.15) is 0 Å². The summed E-state index contributed by atoms with van der Waals surface area (Å²) in [4.78, 5) is 22.6.